The second-order valence-electron chi connectivity index (χ2n) is 5.23. The molecular formula is C18H20N2O2S. The largest absolute Gasteiger partial charge is 0.326 e. The quantitative estimate of drug-likeness (QED) is 0.847. The number of carbonyl (C=O) groups excluding carboxylic acids is 2. The summed E-state index contributed by atoms with van der Waals surface area (Å²) in [6.45, 7) is 3.52. The maximum Gasteiger partial charge on any atom is 0.234 e. The molecule has 23 heavy (non-hydrogen) atoms. The van der Waals surface area contributed by atoms with Crippen molar-refractivity contribution in [3.63, 3.8) is 0 Å². The van der Waals surface area contributed by atoms with Crippen LogP contribution in [0.5, 0.6) is 0 Å². The SMILES string of the molecule is CC(=O)Nc1cccc(NC(=O)CSCc2ccccc2C)c1. The lowest BCUT2D eigenvalue weighted by atomic mass is 10.1. The van der Waals surface area contributed by atoms with E-state index in [2.05, 4.69) is 29.7 Å². The van der Waals surface area contributed by atoms with Crippen LogP contribution in [0.25, 0.3) is 0 Å². The molecular weight excluding hydrogens is 308 g/mol. The molecule has 2 N–H and O–H groups in total. The molecule has 2 amide bonds. The molecule has 0 aromatic heterocycles. The lowest BCUT2D eigenvalue weighted by molar-refractivity contribution is -0.114. The summed E-state index contributed by atoms with van der Waals surface area (Å²) in [5.74, 6) is 1.01. The van der Waals surface area contributed by atoms with Gasteiger partial charge in [-0.1, -0.05) is 30.3 Å². The van der Waals surface area contributed by atoms with E-state index in [1.165, 1.54) is 18.1 Å². The summed E-state index contributed by atoms with van der Waals surface area (Å²) < 4.78 is 0. The predicted octanol–water partition coefficient (Wildman–Crippen LogP) is 3.83. The predicted molar refractivity (Wildman–Crippen MR) is 96.7 cm³/mol. The van der Waals surface area contributed by atoms with Gasteiger partial charge in [-0.3, -0.25) is 9.59 Å². The zero-order chi connectivity index (χ0) is 16.7. The number of hydrogen-bond donors (Lipinski definition) is 2. The molecule has 2 rings (SSSR count). The highest BCUT2D eigenvalue weighted by Gasteiger charge is 2.05. The minimum Gasteiger partial charge on any atom is -0.326 e. The molecule has 5 heteroatoms. The second kappa shape index (κ2) is 8.39. The Balaban J connectivity index is 1.83. The van der Waals surface area contributed by atoms with E-state index in [0.29, 0.717) is 17.1 Å². The number of anilines is 2. The van der Waals surface area contributed by atoms with Crippen molar-refractivity contribution in [3.05, 3.63) is 59.7 Å². The van der Waals surface area contributed by atoms with E-state index >= 15 is 0 Å². The van der Waals surface area contributed by atoms with Gasteiger partial charge in [-0.05, 0) is 36.2 Å². The van der Waals surface area contributed by atoms with Gasteiger partial charge < -0.3 is 10.6 Å². The van der Waals surface area contributed by atoms with E-state index in [1.807, 2.05) is 12.1 Å². The summed E-state index contributed by atoms with van der Waals surface area (Å²) in [7, 11) is 0. The van der Waals surface area contributed by atoms with Crippen molar-refractivity contribution in [2.45, 2.75) is 19.6 Å². The standard InChI is InChI=1S/C18H20N2O2S/c1-13-6-3-4-7-15(13)11-23-12-18(22)20-17-9-5-8-16(10-17)19-14(2)21/h3-10H,11-12H2,1-2H3,(H,19,21)(H,20,22). The normalized spacial score (nSPS) is 10.2. The third-order valence-electron chi connectivity index (χ3n) is 3.22. The van der Waals surface area contributed by atoms with Gasteiger partial charge in [0, 0.05) is 24.1 Å². The first kappa shape index (κ1) is 17.1. The molecule has 2 aromatic carbocycles. The molecule has 120 valence electrons. The Bertz CT molecular complexity index is 701. The number of hydrogen-bond acceptors (Lipinski definition) is 3. The monoisotopic (exact) mass is 328 g/mol. The fourth-order valence-corrected chi connectivity index (χ4v) is 3.00. The molecule has 0 aliphatic heterocycles. The van der Waals surface area contributed by atoms with Gasteiger partial charge in [0.25, 0.3) is 0 Å². The van der Waals surface area contributed by atoms with Crippen LogP contribution in [0.4, 0.5) is 11.4 Å². The molecule has 0 unspecified atom stereocenters. The van der Waals surface area contributed by atoms with Crippen molar-refractivity contribution in [3.8, 4) is 0 Å². The number of nitrogens with one attached hydrogen (secondary N) is 2. The molecule has 0 aliphatic rings. The summed E-state index contributed by atoms with van der Waals surface area (Å²) in [5.41, 5.74) is 3.84. The van der Waals surface area contributed by atoms with Gasteiger partial charge in [-0.25, -0.2) is 0 Å². The number of carbonyl (C=O) groups is 2. The van der Waals surface area contributed by atoms with Crippen LogP contribution < -0.4 is 10.6 Å². The number of aryl methyl sites for hydroxylation is 1. The first-order valence-electron chi connectivity index (χ1n) is 7.34. The zero-order valence-corrected chi connectivity index (χ0v) is 14.1. The average molecular weight is 328 g/mol. The van der Waals surface area contributed by atoms with E-state index in [9.17, 15) is 9.59 Å². The molecule has 0 aliphatic carbocycles. The average Bonchev–Trinajstić information content (AvgIpc) is 2.49. The van der Waals surface area contributed by atoms with Crippen molar-refractivity contribution in [2.75, 3.05) is 16.4 Å². The molecule has 0 atom stereocenters. The van der Waals surface area contributed by atoms with E-state index in [1.54, 1.807) is 36.0 Å². The van der Waals surface area contributed by atoms with Gasteiger partial charge in [0.05, 0.1) is 5.75 Å². The molecule has 0 fully saturated rings. The van der Waals surface area contributed by atoms with Crippen molar-refractivity contribution in [1.82, 2.24) is 0 Å². The molecule has 0 saturated heterocycles. The Morgan fingerprint density at radius 2 is 1.70 bits per heavy atom. The smallest absolute Gasteiger partial charge is 0.234 e. The number of thioether (sulfide) groups is 1. The van der Waals surface area contributed by atoms with Crippen molar-refractivity contribution in [2.24, 2.45) is 0 Å². The van der Waals surface area contributed by atoms with Gasteiger partial charge >= 0.3 is 0 Å². The van der Waals surface area contributed by atoms with Gasteiger partial charge in [0.15, 0.2) is 0 Å². The highest BCUT2D eigenvalue weighted by atomic mass is 32.2. The van der Waals surface area contributed by atoms with Crippen LogP contribution >= 0.6 is 11.8 Å². The fraction of sp³-hybridized carbons (Fsp3) is 0.222. The van der Waals surface area contributed by atoms with Crippen LogP contribution in [-0.2, 0) is 15.3 Å². The van der Waals surface area contributed by atoms with Crippen LogP contribution in [0, 0.1) is 6.92 Å². The van der Waals surface area contributed by atoms with Crippen molar-refractivity contribution < 1.29 is 9.59 Å². The van der Waals surface area contributed by atoms with Crippen LogP contribution in [-0.4, -0.2) is 17.6 Å². The van der Waals surface area contributed by atoms with Gasteiger partial charge in [-0.15, -0.1) is 11.8 Å². The summed E-state index contributed by atoms with van der Waals surface area (Å²) in [6.07, 6.45) is 0. The Kier molecular flexibility index (Phi) is 6.23. The van der Waals surface area contributed by atoms with Gasteiger partial charge in [0.2, 0.25) is 11.8 Å². The Hall–Kier alpha value is -2.27. The van der Waals surface area contributed by atoms with Crippen LogP contribution in [0.2, 0.25) is 0 Å². The Morgan fingerprint density at radius 3 is 2.39 bits per heavy atom. The first-order chi connectivity index (χ1) is 11.0. The van der Waals surface area contributed by atoms with Gasteiger partial charge in [-0.2, -0.15) is 0 Å². The highest BCUT2D eigenvalue weighted by Crippen LogP contribution is 2.18. The minimum atomic E-state index is -0.137. The zero-order valence-electron chi connectivity index (χ0n) is 13.3. The second-order valence-corrected chi connectivity index (χ2v) is 6.22. The van der Waals surface area contributed by atoms with E-state index in [4.69, 9.17) is 0 Å². The Labute approximate surface area is 140 Å². The van der Waals surface area contributed by atoms with Gasteiger partial charge in [0.1, 0.15) is 0 Å². The molecule has 0 radical (unpaired) electrons. The van der Waals surface area contributed by atoms with E-state index in [-0.39, 0.29) is 11.8 Å². The minimum absolute atomic E-state index is 0.0523. The lowest BCUT2D eigenvalue weighted by Gasteiger charge is -2.08. The number of rotatable bonds is 6. The third-order valence-corrected chi connectivity index (χ3v) is 4.20. The van der Waals surface area contributed by atoms with Crippen LogP contribution in [0.1, 0.15) is 18.1 Å². The van der Waals surface area contributed by atoms with E-state index in [0.717, 1.165) is 5.75 Å². The fourth-order valence-electron chi connectivity index (χ4n) is 2.10. The molecule has 4 nitrogen and oxygen atoms in total. The summed E-state index contributed by atoms with van der Waals surface area (Å²) >= 11 is 1.58. The first-order valence-corrected chi connectivity index (χ1v) is 8.50. The molecule has 0 bridgehead atoms. The number of amides is 2. The summed E-state index contributed by atoms with van der Waals surface area (Å²) in [6, 6.07) is 15.3. The molecule has 0 spiro atoms. The summed E-state index contributed by atoms with van der Waals surface area (Å²) in [5, 5.41) is 5.54. The van der Waals surface area contributed by atoms with Crippen LogP contribution in [0.15, 0.2) is 48.5 Å². The topological polar surface area (TPSA) is 58.2 Å². The molecule has 2 aromatic rings. The van der Waals surface area contributed by atoms with Crippen molar-refractivity contribution in [1.29, 1.82) is 0 Å². The maximum absolute atomic E-state index is 12.0. The lowest BCUT2D eigenvalue weighted by Crippen LogP contribution is -2.14. The number of benzene rings is 2. The maximum atomic E-state index is 12.0. The molecule has 0 saturated carbocycles. The van der Waals surface area contributed by atoms with Crippen LogP contribution in [0.3, 0.4) is 0 Å². The molecule has 0 heterocycles. The highest BCUT2D eigenvalue weighted by molar-refractivity contribution is 7.99. The third kappa shape index (κ3) is 5.79. The van der Waals surface area contributed by atoms with E-state index < -0.39 is 0 Å². The summed E-state index contributed by atoms with van der Waals surface area (Å²) in [4.78, 5) is 23.1. The Morgan fingerprint density at radius 1 is 1.00 bits per heavy atom. The van der Waals surface area contributed by atoms with Crippen molar-refractivity contribution >= 4 is 35.0 Å².